The number of hydrogen-bond acceptors (Lipinski definition) is 4. The Kier molecular flexibility index (Phi) is 4.78. The number of aromatic amines is 1. The summed E-state index contributed by atoms with van der Waals surface area (Å²) >= 11 is 0. The van der Waals surface area contributed by atoms with E-state index in [0.717, 1.165) is 45.4 Å². The Balaban J connectivity index is 1.26. The Labute approximate surface area is 154 Å². The van der Waals surface area contributed by atoms with E-state index in [9.17, 15) is 9.59 Å². The summed E-state index contributed by atoms with van der Waals surface area (Å²) in [5, 5.41) is 0. The number of aromatic nitrogens is 1. The number of likely N-dealkylation sites (tertiary alicyclic amines) is 2. The van der Waals surface area contributed by atoms with Crippen LogP contribution in [0.5, 0.6) is 0 Å². The van der Waals surface area contributed by atoms with Crippen molar-refractivity contribution in [3.63, 3.8) is 0 Å². The molecule has 1 N–H and O–H groups in total. The molecule has 0 atom stereocenters. The lowest BCUT2D eigenvalue weighted by atomic mass is 9.64. The molecule has 3 heterocycles. The number of carbonyl (C=O) groups excluding carboxylic acids is 1. The zero-order valence-corrected chi connectivity index (χ0v) is 15.6. The van der Waals surface area contributed by atoms with Gasteiger partial charge < -0.3 is 19.5 Å². The highest BCUT2D eigenvalue weighted by molar-refractivity contribution is 5.68. The van der Waals surface area contributed by atoms with Gasteiger partial charge in [0, 0.05) is 31.4 Å². The molecule has 4 rings (SSSR count). The Morgan fingerprint density at radius 2 is 2.08 bits per heavy atom. The molecule has 1 saturated carbocycles. The third-order valence-corrected chi connectivity index (χ3v) is 6.62. The van der Waals surface area contributed by atoms with Crippen molar-refractivity contribution in [1.29, 1.82) is 0 Å². The molecule has 1 amide bonds. The Morgan fingerprint density at radius 1 is 1.31 bits per heavy atom. The van der Waals surface area contributed by atoms with E-state index in [4.69, 9.17) is 4.74 Å². The monoisotopic (exact) mass is 359 g/mol. The molecule has 6 nitrogen and oxygen atoms in total. The van der Waals surface area contributed by atoms with Crippen LogP contribution in [-0.4, -0.2) is 59.7 Å². The molecule has 3 aliphatic rings. The molecular formula is C20H29N3O3. The molecule has 142 valence electrons. The maximum Gasteiger partial charge on any atom is 0.409 e. The number of hydrogen-bond donors (Lipinski definition) is 1. The van der Waals surface area contributed by atoms with Crippen molar-refractivity contribution >= 4 is 6.09 Å². The van der Waals surface area contributed by atoms with E-state index in [1.165, 1.54) is 18.4 Å². The quantitative estimate of drug-likeness (QED) is 0.901. The molecule has 3 fully saturated rings. The second-order valence-corrected chi connectivity index (χ2v) is 8.23. The van der Waals surface area contributed by atoms with Crippen molar-refractivity contribution in [2.75, 3.05) is 32.8 Å². The Bertz CT molecular complexity index is 702. The van der Waals surface area contributed by atoms with Crippen molar-refractivity contribution in [2.24, 2.45) is 5.41 Å². The second-order valence-electron chi connectivity index (χ2n) is 8.23. The molecule has 6 heteroatoms. The molecule has 0 radical (unpaired) electrons. The van der Waals surface area contributed by atoms with Gasteiger partial charge in [-0.15, -0.1) is 0 Å². The van der Waals surface area contributed by atoms with Crippen LogP contribution in [0.4, 0.5) is 4.79 Å². The number of piperidine rings is 1. The van der Waals surface area contributed by atoms with Gasteiger partial charge in [0.2, 0.25) is 5.56 Å². The van der Waals surface area contributed by atoms with Gasteiger partial charge in [0.25, 0.3) is 0 Å². The van der Waals surface area contributed by atoms with E-state index >= 15 is 0 Å². The normalized spacial score (nSPS) is 29.7. The zero-order valence-electron chi connectivity index (χ0n) is 15.6. The van der Waals surface area contributed by atoms with Gasteiger partial charge in [-0.1, -0.05) is 0 Å². The highest BCUT2D eigenvalue weighted by Gasteiger charge is 2.51. The van der Waals surface area contributed by atoms with E-state index in [-0.39, 0.29) is 11.7 Å². The fraction of sp³-hybridized carbons (Fsp3) is 0.700. The first-order chi connectivity index (χ1) is 12.6. The fourth-order valence-electron chi connectivity index (χ4n) is 5.15. The molecule has 1 aromatic heterocycles. The predicted molar refractivity (Wildman–Crippen MR) is 99.3 cm³/mol. The minimum absolute atomic E-state index is 0.00162. The molecule has 2 saturated heterocycles. The molecule has 1 spiro atoms. The van der Waals surface area contributed by atoms with Gasteiger partial charge in [-0.05, 0) is 75.1 Å². The lowest BCUT2D eigenvalue weighted by molar-refractivity contribution is -0.00472. The van der Waals surface area contributed by atoms with Crippen LogP contribution in [0.25, 0.3) is 0 Å². The zero-order chi connectivity index (χ0) is 18.1. The van der Waals surface area contributed by atoms with Crippen LogP contribution in [0.15, 0.2) is 23.1 Å². The summed E-state index contributed by atoms with van der Waals surface area (Å²) in [6.45, 7) is 6.24. The van der Waals surface area contributed by atoms with Gasteiger partial charge in [0.1, 0.15) is 0 Å². The summed E-state index contributed by atoms with van der Waals surface area (Å²) in [7, 11) is 0. The third-order valence-electron chi connectivity index (χ3n) is 6.62. The lowest BCUT2D eigenvalue weighted by Gasteiger charge is -2.51. The van der Waals surface area contributed by atoms with Gasteiger partial charge in [0.05, 0.1) is 6.61 Å². The van der Waals surface area contributed by atoms with Crippen LogP contribution in [0.1, 0.15) is 50.5 Å². The summed E-state index contributed by atoms with van der Waals surface area (Å²) in [5.41, 5.74) is 1.51. The number of amides is 1. The smallest absolute Gasteiger partial charge is 0.409 e. The maximum atomic E-state index is 11.9. The first kappa shape index (κ1) is 17.6. The minimum Gasteiger partial charge on any atom is -0.450 e. The molecule has 0 bridgehead atoms. The minimum atomic E-state index is -0.147. The van der Waals surface area contributed by atoms with Crippen molar-refractivity contribution in [3.8, 4) is 0 Å². The highest BCUT2D eigenvalue weighted by atomic mass is 16.6. The number of carbonyl (C=O) groups is 1. The molecule has 0 aromatic carbocycles. The van der Waals surface area contributed by atoms with Crippen LogP contribution in [0, 0.1) is 5.41 Å². The summed E-state index contributed by atoms with van der Waals surface area (Å²) < 4.78 is 5.15. The average molecular weight is 359 g/mol. The molecule has 1 aromatic rings. The highest BCUT2D eigenvalue weighted by Crippen LogP contribution is 2.50. The van der Waals surface area contributed by atoms with Gasteiger partial charge in [-0.2, -0.15) is 0 Å². The Hall–Kier alpha value is -1.82. The summed E-state index contributed by atoms with van der Waals surface area (Å²) in [4.78, 5) is 30.7. The summed E-state index contributed by atoms with van der Waals surface area (Å²) in [5.74, 6) is 0.508. The lowest BCUT2D eigenvalue weighted by Crippen LogP contribution is -2.54. The number of pyridine rings is 1. The van der Waals surface area contributed by atoms with E-state index in [1.54, 1.807) is 12.3 Å². The third kappa shape index (κ3) is 3.39. The number of ether oxygens (including phenoxy) is 1. The maximum absolute atomic E-state index is 11.9. The standard InChI is InChI=1S/C20H29N3O3/c1-2-26-19(25)23-10-6-20(14-23)12-17(13-20)22-8-4-15(5-9-22)16-3-7-21-18(24)11-16/h3,7,11,15,17H,2,4-6,8-10,12-14H2,1H3,(H,21,24). The second kappa shape index (κ2) is 7.06. The first-order valence-electron chi connectivity index (χ1n) is 9.93. The molecule has 1 aliphatic carbocycles. The van der Waals surface area contributed by atoms with Gasteiger partial charge in [-0.3, -0.25) is 4.79 Å². The Morgan fingerprint density at radius 3 is 2.77 bits per heavy atom. The van der Waals surface area contributed by atoms with Crippen LogP contribution in [0.3, 0.4) is 0 Å². The fourth-order valence-corrected chi connectivity index (χ4v) is 5.15. The van der Waals surface area contributed by atoms with Crippen LogP contribution in [0.2, 0.25) is 0 Å². The number of nitrogens with one attached hydrogen (secondary N) is 1. The van der Waals surface area contributed by atoms with Crippen molar-refractivity contribution in [1.82, 2.24) is 14.8 Å². The van der Waals surface area contributed by atoms with E-state index in [1.807, 2.05) is 17.9 Å². The topological polar surface area (TPSA) is 65.6 Å². The van der Waals surface area contributed by atoms with Crippen LogP contribution < -0.4 is 5.56 Å². The van der Waals surface area contributed by atoms with Crippen molar-refractivity contribution < 1.29 is 9.53 Å². The number of nitrogens with zero attached hydrogens (tertiary/aromatic N) is 2. The van der Waals surface area contributed by atoms with Gasteiger partial charge in [0.15, 0.2) is 0 Å². The number of rotatable bonds is 3. The molecular weight excluding hydrogens is 330 g/mol. The predicted octanol–water partition coefficient (Wildman–Crippen LogP) is 2.57. The van der Waals surface area contributed by atoms with Crippen molar-refractivity contribution in [3.05, 3.63) is 34.2 Å². The van der Waals surface area contributed by atoms with Gasteiger partial charge in [-0.25, -0.2) is 4.79 Å². The van der Waals surface area contributed by atoms with Crippen molar-refractivity contribution in [2.45, 2.75) is 51.0 Å². The SMILES string of the molecule is CCOC(=O)N1CCC2(CC(N3CCC(c4cc[nH]c(=O)c4)CC3)C2)C1. The van der Waals surface area contributed by atoms with Crippen LogP contribution in [-0.2, 0) is 4.74 Å². The summed E-state index contributed by atoms with van der Waals surface area (Å²) in [6, 6.07) is 4.46. The summed E-state index contributed by atoms with van der Waals surface area (Å²) in [6.07, 6.45) is 7.40. The van der Waals surface area contributed by atoms with E-state index in [0.29, 0.717) is 24.0 Å². The molecule has 2 aliphatic heterocycles. The number of H-pyrrole nitrogens is 1. The average Bonchev–Trinajstić information content (AvgIpc) is 3.07. The molecule has 26 heavy (non-hydrogen) atoms. The van der Waals surface area contributed by atoms with Gasteiger partial charge >= 0.3 is 6.09 Å². The largest absolute Gasteiger partial charge is 0.450 e. The molecule has 0 unspecified atom stereocenters. The van der Waals surface area contributed by atoms with E-state index in [2.05, 4.69) is 9.88 Å². The first-order valence-corrected chi connectivity index (χ1v) is 9.93. The van der Waals surface area contributed by atoms with E-state index < -0.39 is 0 Å². The van der Waals surface area contributed by atoms with Crippen LogP contribution >= 0.6 is 0 Å².